The number of ether oxygens (including phenoxy) is 1. The molecule has 0 aliphatic rings. The van der Waals surface area contributed by atoms with Gasteiger partial charge in [0.25, 0.3) is 5.91 Å². The monoisotopic (exact) mass is 538 g/mol. The van der Waals surface area contributed by atoms with Crippen molar-refractivity contribution < 1.29 is 14.3 Å². The molecule has 0 saturated heterocycles. The maximum atomic E-state index is 14.0. The summed E-state index contributed by atoms with van der Waals surface area (Å²) in [6.45, 7) is 2.41. The molecular weight excluding hydrogens is 512 g/mol. The van der Waals surface area contributed by atoms with Crippen LogP contribution in [0.5, 0.6) is 0 Å². The van der Waals surface area contributed by atoms with Gasteiger partial charge in [0.05, 0.1) is 24.3 Å². The van der Waals surface area contributed by atoms with Crippen molar-refractivity contribution in [2.45, 2.75) is 19.9 Å². The van der Waals surface area contributed by atoms with Crippen LogP contribution in [0.3, 0.4) is 0 Å². The third-order valence-electron chi connectivity index (χ3n) is 5.46. The predicted molar refractivity (Wildman–Crippen MR) is 148 cm³/mol. The molecular formula is C26H27ClN6O3S. The Morgan fingerprint density at radius 2 is 1.78 bits per heavy atom. The SMILES string of the molecule is CCOC(=O)CCN(C(=O)c1cc2nc(CN)sc2nc1-c1ccc(C(=N)N)cc1)c1ccccc1.Cl. The molecule has 11 heteroatoms. The van der Waals surface area contributed by atoms with E-state index in [4.69, 9.17) is 26.6 Å². The van der Waals surface area contributed by atoms with Crippen LogP contribution in [0.25, 0.3) is 21.6 Å². The highest BCUT2D eigenvalue weighted by Crippen LogP contribution is 2.31. The van der Waals surface area contributed by atoms with E-state index in [1.807, 2.05) is 30.3 Å². The number of rotatable bonds is 9. The van der Waals surface area contributed by atoms with Crippen LogP contribution in [0.15, 0.2) is 60.7 Å². The molecule has 4 rings (SSSR count). The number of amidine groups is 1. The Morgan fingerprint density at radius 3 is 2.41 bits per heavy atom. The van der Waals surface area contributed by atoms with Crippen molar-refractivity contribution in [2.75, 3.05) is 18.1 Å². The Hall–Kier alpha value is -3.86. The molecule has 0 fully saturated rings. The number of nitrogens with zero attached hydrogens (tertiary/aromatic N) is 3. The molecule has 0 bridgehead atoms. The minimum atomic E-state index is -0.382. The number of halogens is 1. The van der Waals surface area contributed by atoms with E-state index < -0.39 is 0 Å². The molecule has 37 heavy (non-hydrogen) atoms. The second-order valence-electron chi connectivity index (χ2n) is 7.86. The second kappa shape index (κ2) is 12.4. The maximum Gasteiger partial charge on any atom is 0.307 e. The number of nitrogen functional groups attached to an aromatic ring is 1. The highest BCUT2D eigenvalue weighted by atomic mass is 35.5. The number of nitrogens with one attached hydrogen (secondary N) is 1. The Morgan fingerprint density at radius 1 is 1.08 bits per heavy atom. The first-order valence-electron chi connectivity index (χ1n) is 11.4. The number of thiazole rings is 1. The van der Waals surface area contributed by atoms with Gasteiger partial charge in [0, 0.05) is 29.9 Å². The van der Waals surface area contributed by atoms with Crippen molar-refractivity contribution in [1.82, 2.24) is 9.97 Å². The molecule has 2 heterocycles. The lowest BCUT2D eigenvalue weighted by Gasteiger charge is -2.23. The van der Waals surface area contributed by atoms with Gasteiger partial charge in [0.15, 0.2) is 0 Å². The third-order valence-corrected chi connectivity index (χ3v) is 6.45. The van der Waals surface area contributed by atoms with Crippen LogP contribution >= 0.6 is 23.7 Å². The molecule has 9 nitrogen and oxygen atoms in total. The molecule has 0 unspecified atom stereocenters. The molecule has 4 aromatic rings. The number of esters is 1. The summed E-state index contributed by atoms with van der Waals surface area (Å²) in [5.41, 5.74) is 14.7. The summed E-state index contributed by atoms with van der Waals surface area (Å²) in [4.78, 5) is 37.7. The molecule has 5 N–H and O–H groups in total. The van der Waals surface area contributed by atoms with Crippen molar-refractivity contribution in [2.24, 2.45) is 11.5 Å². The van der Waals surface area contributed by atoms with E-state index in [-0.39, 0.29) is 56.2 Å². The van der Waals surface area contributed by atoms with Crippen LogP contribution in [-0.4, -0.2) is 40.8 Å². The summed E-state index contributed by atoms with van der Waals surface area (Å²) in [5.74, 6) is -0.759. The first kappa shape index (κ1) is 27.7. The third kappa shape index (κ3) is 6.29. The van der Waals surface area contributed by atoms with E-state index in [0.29, 0.717) is 43.4 Å². The number of para-hydroxylation sites is 1. The fourth-order valence-corrected chi connectivity index (χ4v) is 4.52. The van der Waals surface area contributed by atoms with E-state index >= 15 is 0 Å². The van der Waals surface area contributed by atoms with Gasteiger partial charge < -0.3 is 21.1 Å². The van der Waals surface area contributed by atoms with Gasteiger partial charge in [-0.15, -0.1) is 12.4 Å². The van der Waals surface area contributed by atoms with Crippen LogP contribution in [0, 0.1) is 5.41 Å². The Labute approximate surface area is 224 Å². The van der Waals surface area contributed by atoms with Crippen molar-refractivity contribution in [1.29, 1.82) is 5.41 Å². The number of aromatic nitrogens is 2. The van der Waals surface area contributed by atoms with Gasteiger partial charge in [-0.3, -0.25) is 15.0 Å². The van der Waals surface area contributed by atoms with Crippen molar-refractivity contribution in [3.05, 3.63) is 76.8 Å². The van der Waals surface area contributed by atoms with Gasteiger partial charge >= 0.3 is 5.97 Å². The van der Waals surface area contributed by atoms with Crippen LogP contribution in [-0.2, 0) is 16.1 Å². The number of hydrogen-bond donors (Lipinski definition) is 3. The average Bonchev–Trinajstić information content (AvgIpc) is 3.31. The van der Waals surface area contributed by atoms with Crippen LogP contribution in [0.2, 0.25) is 0 Å². The molecule has 0 aliphatic carbocycles. The standard InChI is InChI=1S/C26H26N6O3S.ClH/c1-2-35-22(33)12-13-32(18-6-4-3-5-7-18)26(34)19-14-20-25(36-21(15-27)30-20)31-23(19)16-8-10-17(11-9-16)24(28)29;/h3-11,14H,2,12-13,15,27H2,1H3,(H3,28,29);1H. The molecule has 0 atom stereocenters. The van der Waals surface area contributed by atoms with Gasteiger partial charge in [0.1, 0.15) is 21.2 Å². The molecule has 0 saturated carbocycles. The topological polar surface area (TPSA) is 148 Å². The maximum absolute atomic E-state index is 14.0. The summed E-state index contributed by atoms with van der Waals surface area (Å²) in [6, 6.07) is 17.8. The van der Waals surface area contributed by atoms with E-state index in [1.54, 1.807) is 42.2 Å². The number of carbonyl (C=O) groups excluding carboxylic acids is 2. The van der Waals surface area contributed by atoms with E-state index in [9.17, 15) is 9.59 Å². The minimum Gasteiger partial charge on any atom is -0.466 e. The Bertz CT molecular complexity index is 1410. The average molecular weight is 539 g/mol. The molecule has 0 radical (unpaired) electrons. The summed E-state index contributed by atoms with van der Waals surface area (Å²) in [5, 5.41) is 8.37. The first-order chi connectivity index (χ1) is 17.4. The van der Waals surface area contributed by atoms with Crippen molar-refractivity contribution >= 4 is 57.5 Å². The quantitative estimate of drug-likeness (QED) is 0.165. The van der Waals surface area contributed by atoms with Gasteiger partial charge in [0.2, 0.25) is 0 Å². The van der Waals surface area contributed by atoms with Crippen LogP contribution < -0.4 is 16.4 Å². The van der Waals surface area contributed by atoms with Gasteiger partial charge in [-0.05, 0) is 25.1 Å². The largest absolute Gasteiger partial charge is 0.466 e. The van der Waals surface area contributed by atoms with Crippen molar-refractivity contribution in [3.63, 3.8) is 0 Å². The van der Waals surface area contributed by atoms with E-state index in [2.05, 4.69) is 4.98 Å². The van der Waals surface area contributed by atoms with E-state index in [1.165, 1.54) is 11.3 Å². The number of nitrogens with two attached hydrogens (primary N) is 2. The lowest BCUT2D eigenvalue weighted by Crippen LogP contribution is -2.33. The number of fused-ring (bicyclic) bond motifs is 1. The lowest BCUT2D eigenvalue weighted by atomic mass is 10.0. The smallest absolute Gasteiger partial charge is 0.307 e. The summed E-state index contributed by atoms with van der Waals surface area (Å²) >= 11 is 1.37. The molecule has 2 aromatic carbocycles. The highest BCUT2D eigenvalue weighted by Gasteiger charge is 2.25. The summed E-state index contributed by atoms with van der Waals surface area (Å²) in [7, 11) is 0. The summed E-state index contributed by atoms with van der Waals surface area (Å²) < 4.78 is 5.07. The number of anilines is 1. The zero-order chi connectivity index (χ0) is 25.7. The number of amides is 1. The number of hydrogen-bond acceptors (Lipinski definition) is 8. The minimum absolute atomic E-state index is 0. The van der Waals surface area contributed by atoms with Crippen LogP contribution in [0.1, 0.15) is 34.3 Å². The lowest BCUT2D eigenvalue weighted by molar-refractivity contribution is -0.142. The molecule has 0 spiro atoms. The fourth-order valence-electron chi connectivity index (χ4n) is 3.73. The Balaban J connectivity index is 0.00000380. The second-order valence-corrected chi connectivity index (χ2v) is 8.92. The van der Waals surface area contributed by atoms with E-state index in [0.717, 1.165) is 0 Å². The van der Waals surface area contributed by atoms with Gasteiger partial charge in [-0.1, -0.05) is 53.8 Å². The predicted octanol–water partition coefficient (Wildman–Crippen LogP) is 4.12. The zero-order valence-electron chi connectivity index (χ0n) is 20.1. The number of carbonyl (C=O) groups is 2. The Kier molecular flexibility index (Phi) is 9.29. The molecule has 2 aromatic heterocycles. The van der Waals surface area contributed by atoms with Crippen molar-refractivity contribution in [3.8, 4) is 11.3 Å². The van der Waals surface area contributed by atoms with Gasteiger partial charge in [-0.2, -0.15) is 0 Å². The number of benzene rings is 2. The van der Waals surface area contributed by atoms with Crippen LogP contribution in [0.4, 0.5) is 5.69 Å². The normalized spacial score (nSPS) is 10.5. The zero-order valence-corrected chi connectivity index (χ0v) is 21.8. The first-order valence-corrected chi connectivity index (χ1v) is 12.2. The fraction of sp³-hybridized carbons (Fsp3) is 0.192. The highest BCUT2D eigenvalue weighted by molar-refractivity contribution is 7.18. The molecule has 1 amide bonds. The summed E-state index contributed by atoms with van der Waals surface area (Å²) in [6.07, 6.45) is 0.0425. The molecule has 192 valence electrons. The number of pyridine rings is 1. The molecule has 0 aliphatic heterocycles. The van der Waals surface area contributed by atoms with Gasteiger partial charge in [-0.25, -0.2) is 9.97 Å².